The van der Waals surface area contributed by atoms with Crippen molar-refractivity contribution in [1.29, 1.82) is 0 Å². The third-order valence-corrected chi connectivity index (χ3v) is 4.56. The van der Waals surface area contributed by atoms with Gasteiger partial charge in [-0.2, -0.15) is 5.10 Å². The van der Waals surface area contributed by atoms with Crippen molar-refractivity contribution in [3.05, 3.63) is 77.8 Å². The summed E-state index contributed by atoms with van der Waals surface area (Å²) in [5.74, 6) is 5.67. The molecular weight excluding hydrogens is 339 g/mol. The lowest BCUT2D eigenvalue weighted by Crippen LogP contribution is -2.48. The van der Waals surface area contributed by atoms with Crippen LogP contribution < -0.4 is 11.2 Å². The highest BCUT2D eigenvalue weighted by atomic mass is 19.1. The second-order valence-corrected chi connectivity index (χ2v) is 7.02. The Labute approximate surface area is 161 Å². The van der Waals surface area contributed by atoms with E-state index in [0.717, 1.165) is 42.0 Å². The Morgan fingerprint density at radius 3 is 2.74 bits per heavy atom. The van der Waals surface area contributed by atoms with E-state index in [-0.39, 0.29) is 5.82 Å². The largest absolute Gasteiger partial charge is 0.385 e. The first-order valence-corrected chi connectivity index (χ1v) is 9.07. The summed E-state index contributed by atoms with van der Waals surface area (Å²) in [4.78, 5) is 2.27. The normalized spacial score (nSPS) is 16.4. The SMILES string of the molecule is C=CCC(/C=N\N)=C\C(=C/C(=C)NCC1CN(C)C1)c1c(C)cccc1F. The molecule has 1 aromatic rings. The van der Waals surface area contributed by atoms with E-state index >= 15 is 0 Å². The van der Waals surface area contributed by atoms with Crippen LogP contribution in [0.25, 0.3) is 5.57 Å². The number of aryl methyl sites for hydroxylation is 1. The number of rotatable bonds is 9. The third-order valence-electron chi connectivity index (χ3n) is 4.56. The molecule has 0 bridgehead atoms. The Balaban J connectivity index is 2.32. The molecule has 4 nitrogen and oxygen atoms in total. The number of nitrogens with one attached hydrogen (secondary N) is 1. The summed E-state index contributed by atoms with van der Waals surface area (Å²) in [6.07, 6.45) is 7.67. The fourth-order valence-corrected chi connectivity index (χ4v) is 3.27. The summed E-state index contributed by atoms with van der Waals surface area (Å²) in [5.41, 5.74) is 3.73. The molecule has 0 amide bonds. The monoisotopic (exact) mass is 368 g/mol. The summed E-state index contributed by atoms with van der Waals surface area (Å²) in [7, 11) is 2.11. The van der Waals surface area contributed by atoms with E-state index in [4.69, 9.17) is 5.84 Å². The highest BCUT2D eigenvalue weighted by Gasteiger charge is 2.22. The van der Waals surface area contributed by atoms with Gasteiger partial charge < -0.3 is 16.1 Å². The van der Waals surface area contributed by atoms with Crippen LogP contribution in [0, 0.1) is 18.7 Å². The van der Waals surface area contributed by atoms with Crippen molar-refractivity contribution < 1.29 is 4.39 Å². The smallest absolute Gasteiger partial charge is 0.131 e. The average molecular weight is 369 g/mol. The van der Waals surface area contributed by atoms with Crippen LogP contribution in [0.2, 0.25) is 0 Å². The molecule has 5 heteroatoms. The molecule has 1 aliphatic rings. The standard InChI is InChI=1S/C22H29FN4/c1-5-7-18(13-26-24)11-20(22-16(2)8-6-9-21(22)23)10-17(3)25-12-19-14-27(4)15-19/h5-6,8-11,13,19,25H,1,3,7,12,14-15,24H2,2,4H3/b18-11+,20-10+,26-13-. The molecule has 0 aromatic heterocycles. The average Bonchev–Trinajstić information content (AvgIpc) is 2.58. The van der Waals surface area contributed by atoms with Crippen LogP contribution in [0.3, 0.4) is 0 Å². The van der Waals surface area contributed by atoms with Crippen molar-refractivity contribution in [2.45, 2.75) is 13.3 Å². The molecule has 0 saturated carbocycles. The van der Waals surface area contributed by atoms with Crippen molar-refractivity contribution in [3.8, 4) is 0 Å². The molecule has 144 valence electrons. The second-order valence-electron chi connectivity index (χ2n) is 7.02. The molecule has 3 N–H and O–H groups in total. The van der Waals surface area contributed by atoms with Gasteiger partial charge in [0.1, 0.15) is 5.82 Å². The van der Waals surface area contributed by atoms with Gasteiger partial charge in [0.2, 0.25) is 0 Å². The van der Waals surface area contributed by atoms with E-state index < -0.39 is 0 Å². The van der Waals surface area contributed by atoms with Gasteiger partial charge in [0.25, 0.3) is 0 Å². The zero-order chi connectivity index (χ0) is 19.8. The summed E-state index contributed by atoms with van der Waals surface area (Å²) in [5, 5.41) is 6.96. The predicted octanol–water partition coefficient (Wildman–Crippen LogP) is 3.63. The van der Waals surface area contributed by atoms with Gasteiger partial charge in [0.05, 0.1) is 6.21 Å². The van der Waals surface area contributed by atoms with E-state index in [9.17, 15) is 4.39 Å². The molecule has 1 fully saturated rings. The fraction of sp³-hybridized carbons (Fsp3) is 0.318. The van der Waals surface area contributed by atoms with E-state index in [1.54, 1.807) is 18.4 Å². The Morgan fingerprint density at radius 1 is 1.41 bits per heavy atom. The summed E-state index contributed by atoms with van der Waals surface area (Å²) < 4.78 is 14.6. The Morgan fingerprint density at radius 2 is 2.15 bits per heavy atom. The van der Waals surface area contributed by atoms with Gasteiger partial charge in [-0.1, -0.05) is 24.8 Å². The van der Waals surface area contributed by atoms with Crippen molar-refractivity contribution in [1.82, 2.24) is 10.2 Å². The molecule has 0 atom stereocenters. The zero-order valence-corrected chi connectivity index (χ0v) is 16.2. The number of nitrogens with zero attached hydrogens (tertiary/aromatic N) is 2. The van der Waals surface area contributed by atoms with Gasteiger partial charge in [-0.25, -0.2) is 4.39 Å². The molecule has 0 radical (unpaired) electrons. The molecular formula is C22H29FN4. The van der Waals surface area contributed by atoms with Crippen molar-refractivity contribution in [2.24, 2.45) is 16.9 Å². The first-order valence-electron chi connectivity index (χ1n) is 9.07. The van der Waals surface area contributed by atoms with Crippen LogP contribution in [0.5, 0.6) is 0 Å². The number of nitrogens with two attached hydrogens (primary N) is 1. The maximum Gasteiger partial charge on any atom is 0.131 e. The number of benzene rings is 1. The molecule has 0 aliphatic carbocycles. The van der Waals surface area contributed by atoms with Crippen LogP contribution in [0.4, 0.5) is 4.39 Å². The summed E-state index contributed by atoms with van der Waals surface area (Å²) in [6, 6.07) is 5.07. The molecule has 0 unspecified atom stereocenters. The van der Waals surface area contributed by atoms with Gasteiger partial charge in [-0.15, -0.1) is 6.58 Å². The van der Waals surface area contributed by atoms with Gasteiger partial charge >= 0.3 is 0 Å². The minimum Gasteiger partial charge on any atom is -0.385 e. The Bertz CT molecular complexity index is 750. The number of halogens is 1. The van der Waals surface area contributed by atoms with Crippen molar-refractivity contribution >= 4 is 11.8 Å². The fourth-order valence-electron chi connectivity index (χ4n) is 3.27. The summed E-state index contributed by atoms with van der Waals surface area (Å²) >= 11 is 0. The van der Waals surface area contributed by atoms with Crippen LogP contribution in [-0.2, 0) is 0 Å². The molecule has 1 saturated heterocycles. The first-order chi connectivity index (χ1) is 12.9. The van der Waals surface area contributed by atoms with Gasteiger partial charge in [0.15, 0.2) is 0 Å². The molecule has 0 spiro atoms. The molecule has 1 heterocycles. The lowest BCUT2D eigenvalue weighted by Gasteiger charge is -2.36. The maximum atomic E-state index is 14.6. The van der Waals surface area contributed by atoms with Crippen LogP contribution in [-0.4, -0.2) is 37.8 Å². The minimum absolute atomic E-state index is 0.270. The zero-order valence-electron chi connectivity index (χ0n) is 16.2. The number of allylic oxidation sites excluding steroid dienone is 5. The first kappa shape index (κ1) is 20.6. The highest BCUT2D eigenvalue weighted by molar-refractivity contribution is 5.87. The lowest BCUT2D eigenvalue weighted by molar-refractivity contribution is 0.135. The summed E-state index contributed by atoms with van der Waals surface area (Å²) in [6.45, 7) is 12.8. The molecule has 27 heavy (non-hydrogen) atoms. The van der Waals surface area contributed by atoms with Crippen molar-refractivity contribution in [3.63, 3.8) is 0 Å². The Kier molecular flexibility index (Phi) is 7.55. The molecule has 1 aliphatic heterocycles. The predicted molar refractivity (Wildman–Crippen MR) is 113 cm³/mol. The second kappa shape index (κ2) is 9.88. The van der Waals surface area contributed by atoms with Crippen LogP contribution in [0.15, 0.2) is 66.0 Å². The van der Waals surface area contributed by atoms with E-state index in [1.165, 1.54) is 6.07 Å². The van der Waals surface area contributed by atoms with Gasteiger partial charge in [0, 0.05) is 36.8 Å². The number of hydrogen-bond donors (Lipinski definition) is 2. The quantitative estimate of drug-likeness (QED) is 0.230. The van der Waals surface area contributed by atoms with Crippen LogP contribution >= 0.6 is 0 Å². The Hall–Kier alpha value is -2.66. The van der Waals surface area contributed by atoms with Gasteiger partial charge in [-0.3, -0.25) is 0 Å². The number of hydrazone groups is 1. The van der Waals surface area contributed by atoms with Crippen molar-refractivity contribution in [2.75, 3.05) is 26.7 Å². The minimum atomic E-state index is -0.270. The number of likely N-dealkylation sites (tertiary alicyclic amines) is 1. The van der Waals surface area contributed by atoms with Crippen LogP contribution in [0.1, 0.15) is 17.5 Å². The van der Waals surface area contributed by atoms with E-state index in [0.29, 0.717) is 17.9 Å². The van der Waals surface area contributed by atoms with E-state index in [2.05, 4.69) is 35.5 Å². The number of hydrogen-bond acceptors (Lipinski definition) is 4. The molecule has 1 aromatic carbocycles. The highest BCUT2D eigenvalue weighted by Crippen LogP contribution is 2.26. The maximum absolute atomic E-state index is 14.6. The lowest BCUT2D eigenvalue weighted by atomic mass is 9.96. The van der Waals surface area contributed by atoms with Gasteiger partial charge in [-0.05, 0) is 55.3 Å². The third kappa shape index (κ3) is 5.93. The topological polar surface area (TPSA) is 53.6 Å². The van der Waals surface area contributed by atoms with E-state index in [1.807, 2.05) is 25.1 Å². The molecule has 2 rings (SSSR count).